The summed E-state index contributed by atoms with van der Waals surface area (Å²) in [6.45, 7) is 3.96. The normalized spacial score (nSPS) is 13.9. The van der Waals surface area contributed by atoms with Crippen LogP contribution in [-0.4, -0.2) is 30.6 Å². The summed E-state index contributed by atoms with van der Waals surface area (Å²) < 4.78 is 0. The lowest BCUT2D eigenvalue weighted by Gasteiger charge is -2.30. The Kier molecular flexibility index (Phi) is 7.58. The number of aryl methyl sites for hydroxylation is 1. The van der Waals surface area contributed by atoms with Crippen LogP contribution in [0.15, 0.2) is 36.4 Å². The second-order valence-electron chi connectivity index (χ2n) is 7.49. The molecule has 29 heavy (non-hydrogen) atoms. The van der Waals surface area contributed by atoms with Crippen molar-refractivity contribution < 1.29 is 14.4 Å². The highest BCUT2D eigenvalue weighted by molar-refractivity contribution is 7.14. The minimum atomic E-state index is -0.164. The molecule has 3 rings (SSSR count). The van der Waals surface area contributed by atoms with E-state index >= 15 is 0 Å². The van der Waals surface area contributed by atoms with Gasteiger partial charge in [-0.15, -0.1) is 11.3 Å². The average Bonchev–Trinajstić information content (AvgIpc) is 3.18. The van der Waals surface area contributed by atoms with Crippen LogP contribution in [0.3, 0.4) is 0 Å². The van der Waals surface area contributed by atoms with Crippen molar-refractivity contribution in [3.05, 3.63) is 46.2 Å². The smallest absolute Gasteiger partial charge is 0.224 e. The van der Waals surface area contributed by atoms with E-state index in [-0.39, 0.29) is 43.2 Å². The van der Waals surface area contributed by atoms with Crippen molar-refractivity contribution in [3.63, 3.8) is 0 Å². The molecule has 1 fully saturated rings. The molecule has 1 amide bonds. The van der Waals surface area contributed by atoms with E-state index in [1.165, 1.54) is 30.6 Å². The van der Waals surface area contributed by atoms with Gasteiger partial charge in [0.05, 0.1) is 16.3 Å². The van der Waals surface area contributed by atoms with Gasteiger partial charge in [-0.1, -0.05) is 12.1 Å². The zero-order valence-corrected chi connectivity index (χ0v) is 17.7. The number of ketones is 2. The number of Topliss-reactive ketones (excluding diaryl/α,β-unsaturated/α-hetero) is 2. The van der Waals surface area contributed by atoms with Crippen molar-refractivity contribution in [2.24, 2.45) is 0 Å². The monoisotopic (exact) mass is 412 g/mol. The van der Waals surface area contributed by atoms with Gasteiger partial charge in [-0.25, -0.2) is 0 Å². The number of hydrogen-bond donors (Lipinski definition) is 1. The second-order valence-corrected chi connectivity index (χ2v) is 8.77. The van der Waals surface area contributed by atoms with E-state index in [4.69, 9.17) is 0 Å². The van der Waals surface area contributed by atoms with Crippen molar-refractivity contribution in [3.8, 4) is 0 Å². The summed E-state index contributed by atoms with van der Waals surface area (Å²) in [6, 6.07) is 11.5. The molecule has 5 nitrogen and oxygen atoms in total. The standard InChI is InChI=1S/C23H28N2O3S/c1-17-9-13-22(29-17)21(27)12-10-18(26)11-14-23(28)24-19-7-3-4-8-20(19)25-15-5-2-6-16-25/h3-4,7-9,13H,2,5-6,10-12,14-16H2,1H3,(H,24,28). The van der Waals surface area contributed by atoms with Crippen LogP contribution in [0.4, 0.5) is 11.4 Å². The first-order valence-electron chi connectivity index (χ1n) is 10.3. The van der Waals surface area contributed by atoms with E-state index in [1.54, 1.807) is 6.07 Å². The molecule has 154 valence electrons. The fraction of sp³-hybridized carbons (Fsp3) is 0.435. The van der Waals surface area contributed by atoms with Gasteiger partial charge in [-0.2, -0.15) is 0 Å². The third-order valence-corrected chi connectivity index (χ3v) is 6.19. The Morgan fingerprint density at radius 1 is 0.931 bits per heavy atom. The maximum absolute atomic E-state index is 12.4. The topological polar surface area (TPSA) is 66.5 Å². The number of carbonyl (C=O) groups excluding carboxylic acids is 3. The highest BCUT2D eigenvalue weighted by atomic mass is 32.1. The molecule has 2 aromatic rings. The van der Waals surface area contributed by atoms with E-state index < -0.39 is 0 Å². The molecule has 1 aliphatic rings. The summed E-state index contributed by atoms with van der Waals surface area (Å²) in [7, 11) is 0. The zero-order valence-electron chi connectivity index (χ0n) is 16.9. The first-order chi connectivity index (χ1) is 14.0. The van der Waals surface area contributed by atoms with Crippen LogP contribution < -0.4 is 10.2 Å². The molecule has 0 saturated carbocycles. The summed E-state index contributed by atoms with van der Waals surface area (Å²) in [5.41, 5.74) is 1.85. The fourth-order valence-corrected chi connectivity index (χ4v) is 4.38. The molecule has 0 radical (unpaired) electrons. The lowest BCUT2D eigenvalue weighted by molar-refractivity contribution is -0.122. The van der Waals surface area contributed by atoms with E-state index in [0.717, 1.165) is 29.3 Å². The van der Waals surface area contributed by atoms with Crippen LogP contribution in [-0.2, 0) is 9.59 Å². The van der Waals surface area contributed by atoms with Gasteiger partial charge in [-0.05, 0) is 50.5 Å². The molecule has 0 unspecified atom stereocenters. The van der Waals surface area contributed by atoms with Gasteiger partial charge in [0.15, 0.2) is 5.78 Å². The quantitative estimate of drug-likeness (QED) is 0.589. The number of piperidine rings is 1. The number of nitrogens with one attached hydrogen (secondary N) is 1. The molecule has 0 aliphatic carbocycles. The number of hydrogen-bond acceptors (Lipinski definition) is 5. The molecule has 6 heteroatoms. The molecule has 1 saturated heterocycles. The predicted octanol–water partition coefficient (Wildman–Crippen LogP) is 5.00. The zero-order chi connectivity index (χ0) is 20.6. The minimum absolute atomic E-state index is 0.00337. The Labute approximate surface area is 176 Å². The maximum atomic E-state index is 12.4. The number of carbonyl (C=O) groups is 3. The van der Waals surface area contributed by atoms with Gasteiger partial charge in [0.2, 0.25) is 5.91 Å². The number of amides is 1. The minimum Gasteiger partial charge on any atom is -0.370 e. The Hall–Kier alpha value is -2.47. The molecule has 1 aliphatic heterocycles. The van der Waals surface area contributed by atoms with E-state index in [0.29, 0.717) is 4.88 Å². The molecule has 0 atom stereocenters. The molecule has 1 aromatic heterocycles. The van der Waals surface area contributed by atoms with E-state index in [1.807, 2.05) is 37.3 Å². The Balaban J connectivity index is 1.45. The van der Waals surface area contributed by atoms with Crippen molar-refractivity contribution in [2.45, 2.75) is 51.9 Å². The lowest BCUT2D eigenvalue weighted by Crippen LogP contribution is -2.30. The molecule has 0 bridgehead atoms. The number of anilines is 2. The largest absolute Gasteiger partial charge is 0.370 e. The van der Waals surface area contributed by atoms with Crippen LogP contribution in [0, 0.1) is 6.92 Å². The fourth-order valence-electron chi connectivity index (χ4n) is 3.54. The number of para-hydroxylation sites is 2. The van der Waals surface area contributed by atoms with Crippen LogP contribution in [0.25, 0.3) is 0 Å². The summed E-state index contributed by atoms with van der Waals surface area (Å²) >= 11 is 1.45. The average molecular weight is 413 g/mol. The Morgan fingerprint density at radius 2 is 1.66 bits per heavy atom. The van der Waals surface area contributed by atoms with Gasteiger partial charge in [0, 0.05) is 43.6 Å². The second kappa shape index (κ2) is 10.3. The van der Waals surface area contributed by atoms with Crippen LogP contribution in [0.1, 0.15) is 59.5 Å². The highest BCUT2D eigenvalue weighted by Gasteiger charge is 2.16. The van der Waals surface area contributed by atoms with Gasteiger partial charge < -0.3 is 10.2 Å². The molecular weight excluding hydrogens is 384 g/mol. The highest BCUT2D eigenvalue weighted by Crippen LogP contribution is 2.28. The van der Waals surface area contributed by atoms with Crippen molar-refractivity contribution >= 4 is 40.2 Å². The van der Waals surface area contributed by atoms with E-state index in [9.17, 15) is 14.4 Å². The van der Waals surface area contributed by atoms with Crippen LogP contribution in [0.2, 0.25) is 0 Å². The number of benzene rings is 1. The number of thiophene rings is 1. The van der Waals surface area contributed by atoms with Gasteiger partial charge in [-0.3, -0.25) is 14.4 Å². The van der Waals surface area contributed by atoms with Gasteiger partial charge in [0.1, 0.15) is 5.78 Å². The predicted molar refractivity (Wildman–Crippen MR) is 118 cm³/mol. The first kappa shape index (κ1) is 21.2. The summed E-state index contributed by atoms with van der Waals surface area (Å²) in [5, 5.41) is 2.96. The number of rotatable bonds is 9. The SMILES string of the molecule is Cc1ccc(C(=O)CCC(=O)CCC(=O)Nc2ccccc2N2CCCCC2)s1. The van der Waals surface area contributed by atoms with Crippen molar-refractivity contribution in [1.29, 1.82) is 0 Å². The summed E-state index contributed by atoms with van der Waals surface area (Å²) in [4.78, 5) is 40.7. The molecule has 1 N–H and O–H groups in total. The molecule has 0 spiro atoms. The third-order valence-electron chi connectivity index (χ3n) is 5.15. The number of nitrogens with zero attached hydrogens (tertiary/aromatic N) is 1. The molecular formula is C23H28N2O3S. The first-order valence-corrected chi connectivity index (χ1v) is 11.1. The van der Waals surface area contributed by atoms with Crippen LogP contribution >= 0.6 is 11.3 Å². The van der Waals surface area contributed by atoms with Gasteiger partial charge >= 0.3 is 0 Å². The van der Waals surface area contributed by atoms with Crippen LogP contribution in [0.5, 0.6) is 0 Å². The van der Waals surface area contributed by atoms with E-state index in [2.05, 4.69) is 10.2 Å². The van der Waals surface area contributed by atoms with Crippen molar-refractivity contribution in [1.82, 2.24) is 0 Å². The maximum Gasteiger partial charge on any atom is 0.224 e. The van der Waals surface area contributed by atoms with Crippen molar-refractivity contribution in [2.75, 3.05) is 23.3 Å². The summed E-state index contributed by atoms with van der Waals surface area (Å²) in [5.74, 6) is -0.217. The molecule has 2 heterocycles. The Bertz CT molecular complexity index is 869. The Morgan fingerprint density at radius 3 is 2.38 bits per heavy atom. The summed E-state index contributed by atoms with van der Waals surface area (Å²) in [6.07, 6.45) is 4.28. The third kappa shape index (κ3) is 6.26. The van der Waals surface area contributed by atoms with Gasteiger partial charge in [0.25, 0.3) is 0 Å². The lowest BCUT2D eigenvalue weighted by atomic mass is 10.1. The molecule has 1 aromatic carbocycles.